The average molecular weight is 499 g/mol. The Hall–Kier alpha value is -2.96. The summed E-state index contributed by atoms with van der Waals surface area (Å²) in [6, 6.07) is 10.7. The smallest absolute Gasteiger partial charge is 0.166 e. The maximum Gasteiger partial charge on any atom is 0.166 e. The summed E-state index contributed by atoms with van der Waals surface area (Å²) in [5.74, 6) is 0.403. The SMILES string of the molecule is CC(Oc1cc(Br)cnc1N)c1cc(F)ccc1CN1CCC[C@@H]1c1cc(C#N)n(C)n1. The first-order chi connectivity index (χ1) is 15.4. The van der Waals surface area contributed by atoms with E-state index in [1.54, 1.807) is 24.0 Å². The first-order valence-corrected chi connectivity index (χ1v) is 11.2. The van der Waals surface area contributed by atoms with Crippen LogP contribution in [0.25, 0.3) is 0 Å². The van der Waals surface area contributed by atoms with Gasteiger partial charge < -0.3 is 10.5 Å². The first kappa shape index (κ1) is 22.2. The minimum absolute atomic E-state index is 0.113. The van der Waals surface area contributed by atoms with Crippen molar-refractivity contribution in [3.05, 3.63) is 69.3 Å². The van der Waals surface area contributed by atoms with Crippen LogP contribution >= 0.6 is 15.9 Å². The second-order valence-electron chi connectivity index (χ2n) is 7.96. The Bertz CT molecular complexity index is 1170. The quantitative estimate of drug-likeness (QED) is 0.531. The highest BCUT2D eigenvalue weighted by Crippen LogP contribution is 2.35. The van der Waals surface area contributed by atoms with Crippen LogP contribution in [0.15, 0.2) is 41.0 Å². The molecule has 2 N–H and O–H groups in total. The Labute approximate surface area is 194 Å². The lowest BCUT2D eigenvalue weighted by atomic mass is 10.0. The molecule has 1 aliphatic heterocycles. The van der Waals surface area contributed by atoms with Gasteiger partial charge in [0.1, 0.15) is 23.7 Å². The van der Waals surface area contributed by atoms with Crippen LogP contribution in [0, 0.1) is 17.1 Å². The molecular formula is C23H24BrFN6O. The largest absolute Gasteiger partial charge is 0.482 e. The monoisotopic (exact) mass is 498 g/mol. The van der Waals surface area contributed by atoms with E-state index >= 15 is 0 Å². The molecule has 0 radical (unpaired) electrons. The van der Waals surface area contributed by atoms with Gasteiger partial charge in [0, 0.05) is 24.3 Å². The van der Waals surface area contributed by atoms with E-state index in [2.05, 4.69) is 37.0 Å². The molecule has 1 aromatic carbocycles. The van der Waals surface area contributed by atoms with Gasteiger partial charge in [-0.15, -0.1) is 0 Å². The number of pyridine rings is 1. The zero-order chi connectivity index (χ0) is 22.8. The van der Waals surface area contributed by atoms with Crippen molar-refractivity contribution in [2.24, 2.45) is 7.05 Å². The molecule has 0 bridgehead atoms. The van der Waals surface area contributed by atoms with E-state index in [-0.39, 0.29) is 17.7 Å². The molecule has 7 nitrogen and oxygen atoms in total. The number of nitrogens with two attached hydrogens (primary N) is 1. The van der Waals surface area contributed by atoms with Gasteiger partial charge in [-0.1, -0.05) is 6.07 Å². The van der Waals surface area contributed by atoms with Crippen LogP contribution in [-0.2, 0) is 13.6 Å². The van der Waals surface area contributed by atoms with Gasteiger partial charge in [-0.05, 0) is 77.6 Å². The van der Waals surface area contributed by atoms with Crippen LogP contribution in [0.5, 0.6) is 5.75 Å². The van der Waals surface area contributed by atoms with Gasteiger partial charge in [-0.25, -0.2) is 9.37 Å². The summed E-state index contributed by atoms with van der Waals surface area (Å²) in [7, 11) is 1.78. The molecule has 1 saturated heterocycles. The summed E-state index contributed by atoms with van der Waals surface area (Å²) in [6.45, 7) is 3.40. The number of nitrogens with zero attached hydrogens (tertiary/aromatic N) is 5. The molecule has 1 fully saturated rings. The van der Waals surface area contributed by atoms with Crippen LogP contribution in [0.1, 0.15) is 54.4 Å². The van der Waals surface area contributed by atoms with Gasteiger partial charge in [-0.2, -0.15) is 10.4 Å². The van der Waals surface area contributed by atoms with Crippen molar-refractivity contribution in [2.45, 2.75) is 38.5 Å². The van der Waals surface area contributed by atoms with Crippen molar-refractivity contribution >= 4 is 21.7 Å². The van der Waals surface area contributed by atoms with Crippen LogP contribution in [-0.4, -0.2) is 26.2 Å². The number of nitrogen functional groups attached to an aromatic ring is 1. The number of hydrogen-bond donors (Lipinski definition) is 1. The molecule has 32 heavy (non-hydrogen) atoms. The highest BCUT2D eigenvalue weighted by atomic mass is 79.9. The summed E-state index contributed by atoms with van der Waals surface area (Å²) >= 11 is 3.38. The molecule has 3 heterocycles. The maximum absolute atomic E-state index is 14.2. The number of hydrogen-bond acceptors (Lipinski definition) is 6. The number of nitriles is 1. The van der Waals surface area contributed by atoms with Crippen molar-refractivity contribution in [3.8, 4) is 11.8 Å². The Morgan fingerprint density at radius 2 is 2.19 bits per heavy atom. The third-order valence-corrected chi connectivity index (χ3v) is 6.22. The molecule has 1 aliphatic rings. The van der Waals surface area contributed by atoms with Gasteiger partial charge in [0.25, 0.3) is 0 Å². The highest BCUT2D eigenvalue weighted by molar-refractivity contribution is 9.10. The number of ether oxygens (including phenoxy) is 1. The number of rotatable bonds is 6. The Kier molecular flexibility index (Phi) is 6.44. The fourth-order valence-corrected chi connectivity index (χ4v) is 4.50. The zero-order valence-corrected chi connectivity index (χ0v) is 19.5. The Balaban J connectivity index is 1.59. The van der Waals surface area contributed by atoms with Crippen LogP contribution in [0.2, 0.25) is 0 Å². The lowest BCUT2D eigenvalue weighted by Gasteiger charge is -2.26. The number of benzene rings is 1. The second kappa shape index (κ2) is 9.27. The fourth-order valence-electron chi connectivity index (χ4n) is 4.19. The lowest BCUT2D eigenvalue weighted by molar-refractivity contribution is 0.215. The second-order valence-corrected chi connectivity index (χ2v) is 8.87. The molecule has 0 amide bonds. The van der Waals surface area contributed by atoms with Crippen LogP contribution < -0.4 is 10.5 Å². The first-order valence-electron chi connectivity index (χ1n) is 10.4. The average Bonchev–Trinajstić information content (AvgIpc) is 3.37. The van der Waals surface area contributed by atoms with Crippen LogP contribution in [0.4, 0.5) is 10.2 Å². The Morgan fingerprint density at radius 1 is 1.38 bits per heavy atom. The lowest BCUT2D eigenvalue weighted by Crippen LogP contribution is -2.24. The van der Waals surface area contributed by atoms with Crippen LogP contribution in [0.3, 0.4) is 0 Å². The minimum Gasteiger partial charge on any atom is -0.482 e. The van der Waals surface area contributed by atoms with Gasteiger partial charge in [0.2, 0.25) is 0 Å². The van der Waals surface area contributed by atoms with E-state index in [1.165, 1.54) is 12.1 Å². The molecule has 0 spiro atoms. The normalized spacial score (nSPS) is 17.3. The zero-order valence-electron chi connectivity index (χ0n) is 17.9. The molecule has 3 aromatic rings. The van der Waals surface area contributed by atoms with Crippen molar-refractivity contribution in [1.29, 1.82) is 5.26 Å². The molecule has 4 rings (SSSR count). The molecule has 2 atom stereocenters. The van der Waals surface area contributed by atoms with E-state index in [4.69, 9.17) is 10.5 Å². The van der Waals surface area contributed by atoms with Crippen molar-refractivity contribution < 1.29 is 9.13 Å². The van der Waals surface area contributed by atoms with E-state index in [1.807, 2.05) is 19.1 Å². The predicted molar refractivity (Wildman–Crippen MR) is 122 cm³/mol. The summed E-state index contributed by atoms with van der Waals surface area (Å²) in [5.41, 5.74) is 9.12. The molecule has 0 saturated carbocycles. The van der Waals surface area contributed by atoms with Gasteiger partial charge in [0.15, 0.2) is 11.6 Å². The maximum atomic E-state index is 14.2. The number of aryl methyl sites for hydroxylation is 1. The molecule has 2 aromatic heterocycles. The van der Waals surface area contributed by atoms with Crippen molar-refractivity contribution in [2.75, 3.05) is 12.3 Å². The standard InChI is InChI=1S/C23H24BrFN6O/c1-14(32-22-8-16(24)12-28-23(22)27)19-9-17(25)6-5-15(19)13-31-7-3-4-21(31)20-10-18(11-26)30(2)29-20/h5-6,8-10,12,14,21H,3-4,7,13H2,1-2H3,(H2,27,28)/t14?,21-/m1/s1. The van der Waals surface area contributed by atoms with E-state index in [0.29, 0.717) is 18.0 Å². The van der Waals surface area contributed by atoms with E-state index < -0.39 is 6.10 Å². The van der Waals surface area contributed by atoms with Gasteiger partial charge >= 0.3 is 0 Å². The minimum atomic E-state index is -0.430. The topological polar surface area (TPSA) is 93.0 Å². The van der Waals surface area contributed by atoms with Crippen molar-refractivity contribution in [3.63, 3.8) is 0 Å². The predicted octanol–water partition coefficient (Wildman–Crippen LogP) is 4.65. The number of halogens is 2. The third-order valence-electron chi connectivity index (χ3n) is 5.79. The summed E-state index contributed by atoms with van der Waals surface area (Å²) in [4.78, 5) is 6.42. The molecule has 166 valence electrons. The molecule has 0 aliphatic carbocycles. The summed E-state index contributed by atoms with van der Waals surface area (Å²) < 4.78 is 22.6. The molecule has 1 unspecified atom stereocenters. The van der Waals surface area contributed by atoms with E-state index in [9.17, 15) is 9.65 Å². The highest BCUT2D eigenvalue weighted by Gasteiger charge is 2.29. The summed E-state index contributed by atoms with van der Waals surface area (Å²) in [5, 5.41) is 13.8. The number of aromatic nitrogens is 3. The van der Waals surface area contributed by atoms with E-state index in [0.717, 1.165) is 40.7 Å². The van der Waals surface area contributed by atoms with Gasteiger partial charge in [0.05, 0.1) is 11.7 Å². The van der Waals surface area contributed by atoms with Crippen molar-refractivity contribution in [1.82, 2.24) is 19.7 Å². The molecule has 9 heteroatoms. The number of likely N-dealkylation sites (tertiary alicyclic amines) is 1. The number of anilines is 1. The summed E-state index contributed by atoms with van der Waals surface area (Å²) in [6.07, 6.45) is 3.17. The third kappa shape index (κ3) is 4.61. The fraction of sp³-hybridized carbons (Fsp3) is 0.348. The molecular weight excluding hydrogens is 475 g/mol. The Morgan fingerprint density at radius 3 is 2.94 bits per heavy atom. The van der Waals surface area contributed by atoms with Gasteiger partial charge in [-0.3, -0.25) is 9.58 Å².